The third kappa shape index (κ3) is 5.63. The maximum absolute atomic E-state index is 5.66. The lowest BCUT2D eigenvalue weighted by Crippen LogP contribution is -2.20. The van der Waals surface area contributed by atoms with E-state index in [-0.39, 0.29) is 6.10 Å². The molecule has 0 aliphatic rings. The van der Waals surface area contributed by atoms with Crippen molar-refractivity contribution in [2.75, 3.05) is 26.9 Å². The van der Waals surface area contributed by atoms with Gasteiger partial charge < -0.3 is 14.8 Å². The van der Waals surface area contributed by atoms with Crippen LogP contribution in [0, 0.1) is 6.92 Å². The number of aromatic nitrogens is 2. The van der Waals surface area contributed by atoms with Gasteiger partial charge in [0.05, 0.1) is 12.3 Å². The van der Waals surface area contributed by atoms with Crippen LogP contribution in [0.3, 0.4) is 0 Å². The van der Waals surface area contributed by atoms with E-state index in [2.05, 4.69) is 22.2 Å². The fourth-order valence-corrected chi connectivity index (χ4v) is 1.86. The van der Waals surface area contributed by atoms with E-state index in [1.807, 2.05) is 19.9 Å². The van der Waals surface area contributed by atoms with Crippen molar-refractivity contribution in [1.29, 1.82) is 0 Å². The van der Waals surface area contributed by atoms with Crippen molar-refractivity contribution in [2.24, 2.45) is 0 Å². The van der Waals surface area contributed by atoms with Crippen molar-refractivity contribution >= 4 is 0 Å². The van der Waals surface area contributed by atoms with Crippen LogP contribution in [-0.2, 0) is 16.0 Å². The second-order valence-corrected chi connectivity index (χ2v) is 4.38. The molecule has 0 amide bonds. The maximum atomic E-state index is 5.66. The van der Waals surface area contributed by atoms with Gasteiger partial charge in [-0.25, -0.2) is 9.97 Å². The Kier molecular flexibility index (Phi) is 7.55. The molecule has 1 rings (SSSR count). The molecule has 1 heterocycles. The molecule has 0 aliphatic heterocycles. The van der Waals surface area contributed by atoms with E-state index in [0.29, 0.717) is 13.2 Å². The largest absolute Gasteiger partial charge is 0.383 e. The lowest BCUT2D eigenvalue weighted by Gasteiger charge is -2.15. The summed E-state index contributed by atoms with van der Waals surface area (Å²) in [5.41, 5.74) is 1.98. The average Bonchev–Trinajstić information content (AvgIpc) is 2.40. The zero-order valence-corrected chi connectivity index (χ0v) is 12.4. The standard InChI is InChI=1S/C14H25N3O2/c1-5-13(19-6-2)14-16-11(3)9-12(17-14)10-15-7-8-18-4/h9,13,15H,5-8,10H2,1-4H3. The van der Waals surface area contributed by atoms with Crippen LogP contribution in [0.1, 0.15) is 43.6 Å². The Labute approximate surface area is 115 Å². The molecule has 0 radical (unpaired) electrons. The summed E-state index contributed by atoms with van der Waals surface area (Å²) >= 11 is 0. The lowest BCUT2D eigenvalue weighted by atomic mass is 10.2. The topological polar surface area (TPSA) is 56.3 Å². The van der Waals surface area contributed by atoms with Gasteiger partial charge >= 0.3 is 0 Å². The first-order valence-corrected chi connectivity index (χ1v) is 6.86. The Morgan fingerprint density at radius 2 is 2.11 bits per heavy atom. The number of methoxy groups -OCH3 is 1. The minimum atomic E-state index is -0.0115. The lowest BCUT2D eigenvalue weighted by molar-refractivity contribution is 0.0532. The number of ether oxygens (including phenoxy) is 2. The van der Waals surface area contributed by atoms with Crippen LogP contribution in [0.4, 0.5) is 0 Å². The van der Waals surface area contributed by atoms with Crippen molar-refractivity contribution < 1.29 is 9.47 Å². The van der Waals surface area contributed by atoms with Crippen LogP contribution < -0.4 is 5.32 Å². The smallest absolute Gasteiger partial charge is 0.157 e. The SMILES string of the molecule is CCOC(CC)c1nc(C)cc(CNCCOC)n1. The molecule has 19 heavy (non-hydrogen) atoms. The second kappa shape index (κ2) is 8.96. The second-order valence-electron chi connectivity index (χ2n) is 4.38. The first kappa shape index (κ1) is 16.0. The van der Waals surface area contributed by atoms with Crippen molar-refractivity contribution in [1.82, 2.24) is 15.3 Å². The zero-order valence-electron chi connectivity index (χ0n) is 12.4. The third-order valence-corrected chi connectivity index (χ3v) is 2.74. The fourth-order valence-electron chi connectivity index (χ4n) is 1.86. The maximum Gasteiger partial charge on any atom is 0.157 e. The van der Waals surface area contributed by atoms with Gasteiger partial charge in [0, 0.05) is 32.5 Å². The summed E-state index contributed by atoms with van der Waals surface area (Å²) in [6.45, 7) is 8.99. The Hall–Kier alpha value is -1.04. The summed E-state index contributed by atoms with van der Waals surface area (Å²) in [5, 5.41) is 3.29. The number of nitrogens with zero attached hydrogens (tertiary/aromatic N) is 2. The van der Waals surface area contributed by atoms with E-state index < -0.39 is 0 Å². The van der Waals surface area contributed by atoms with Gasteiger partial charge in [0.1, 0.15) is 6.10 Å². The fraction of sp³-hybridized carbons (Fsp3) is 0.714. The molecule has 1 aromatic heterocycles. The minimum absolute atomic E-state index is 0.0115. The number of nitrogens with one attached hydrogen (secondary N) is 1. The van der Waals surface area contributed by atoms with Gasteiger partial charge in [-0.2, -0.15) is 0 Å². The molecule has 0 fully saturated rings. The normalized spacial score (nSPS) is 12.6. The number of hydrogen-bond donors (Lipinski definition) is 1. The van der Waals surface area contributed by atoms with Gasteiger partial charge in [0.15, 0.2) is 5.82 Å². The van der Waals surface area contributed by atoms with Crippen molar-refractivity contribution in [3.63, 3.8) is 0 Å². The summed E-state index contributed by atoms with van der Waals surface area (Å²) in [6.07, 6.45) is 0.871. The van der Waals surface area contributed by atoms with Crippen LogP contribution in [0.15, 0.2) is 6.07 Å². The first-order chi connectivity index (χ1) is 9.21. The van der Waals surface area contributed by atoms with Crippen LogP contribution in [0.2, 0.25) is 0 Å². The van der Waals surface area contributed by atoms with Crippen LogP contribution in [0.25, 0.3) is 0 Å². The van der Waals surface area contributed by atoms with E-state index in [1.165, 1.54) is 0 Å². The quantitative estimate of drug-likeness (QED) is 0.694. The van der Waals surface area contributed by atoms with Gasteiger partial charge in [-0.15, -0.1) is 0 Å². The monoisotopic (exact) mass is 267 g/mol. The molecule has 1 aromatic rings. The number of hydrogen-bond acceptors (Lipinski definition) is 5. The Bertz CT molecular complexity index is 372. The Balaban J connectivity index is 2.69. The highest BCUT2D eigenvalue weighted by Gasteiger charge is 2.13. The van der Waals surface area contributed by atoms with Gasteiger partial charge in [-0.1, -0.05) is 6.92 Å². The van der Waals surface area contributed by atoms with Gasteiger partial charge in [-0.3, -0.25) is 0 Å². The predicted molar refractivity (Wildman–Crippen MR) is 75.0 cm³/mol. The van der Waals surface area contributed by atoms with Crippen LogP contribution in [-0.4, -0.2) is 36.8 Å². The summed E-state index contributed by atoms with van der Waals surface area (Å²) in [4.78, 5) is 9.06. The highest BCUT2D eigenvalue weighted by atomic mass is 16.5. The molecule has 1 N–H and O–H groups in total. The Morgan fingerprint density at radius 1 is 1.32 bits per heavy atom. The highest BCUT2D eigenvalue weighted by molar-refractivity contribution is 5.11. The minimum Gasteiger partial charge on any atom is -0.383 e. The van der Waals surface area contributed by atoms with Gasteiger partial charge in [0.2, 0.25) is 0 Å². The van der Waals surface area contributed by atoms with E-state index in [1.54, 1.807) is 7.11 Å². The van der Waals surface area contributed by atoms with E-state index in [9.17, 15) is 0 Å². The Morgan fingerprint density at radius 3 is 2.74 bits per heavy atom. The van der Waals surface area contributed by atoms with Crippen LogP contribution >= 0.6 is 0 Å². The molecule has 108 valence electrons. The average molecular weight is 267 g/mol. The molecular formula is C14H25N3O2. The molecule has 1 atom stereocenters. The molecule has 0 spiro atoms. The highest BCUT2D eigenvalue weighted by Crippen LogP contribution is 2.17. The van der Waals surface area contributed by atoms with E-state index >= 15 is 0 Å². The molecule has 1 unspecified atom stereocenters. The van der Waals surface area contributed by atoms with E-state index in [4.69, 9.17) is 9.47 Å². The zero-order chi connectivity index (χ0) is 14.1. The van der Waals surface area contributed by atoms with Gasteiger partial charge in [-0.05, 0) is 26.3 Å². The number of aryl methyl sites for hydroxylation is 1. The van der Waals surface area contributed by atoms with Crippen molar-refractivity contribution in [3.8, 4) is 0 Å². The van der Waals surface area contributed by atoms with E-state index in [0.717, 1.165) is 36.7 Å². The molecule has 0 bridgehead atoms. The molecule has 0 aromatic carbocycles. The van der Waals surface area contributed by atoms with Crippen molar-refractivity contribution in [3.05, 3.63) is 23.3 Å². The summed E-state index contributed by atoms with van der Waals surface area (Å²) < 4.78 is 10.7. The van der Waals surface area contributed by atoms with Crippen molar-refractivity contribution in [2.45, 2.75) is 39.8 Å². The summed E-state index contributed by atoms with van der Waals surface area (Å²) in [6, 6.07) is 2.00. The molecule has 0 aliphatic carbocycles. The summed E-state index contributed by atoms with van der Waals surface area (Å²) in [7, 11) is 1.70. The molecule has 5 heteroatoms. The third-order valence-electron chi connectivity index (χ3n) is 2.74. The van der Waals surface area contributed by atoms with Crippen LogP contribution in [0.5, 0.6) is 0 Å². The predicted octanol–water partition coefficient (Wildman–Crippen LogP) is 2.01. The number of rotatable bonds is 9. The first-order valence-electron chi connectivity index (χ1n) is 6.86. The molecule has 5 nitrogen and oxygen atoms in total. The molecule has 0 saturated heterocycles. The van der Waals surface area contributed by atoms with Gasteiger partial charge in [0.25, 0.3) is 0 Å². The molecule has 0 saturated carbocycles. The molecular weight excluding hydrogens is 242 g/mol. The summed E-state index contributed by atoms with van der Waals surface area (Å²) in [5.74, 6) is 0.785.